The molecule has 3 aromatic heterocycles. The van der Waals surface area contributed by atoms with E-state index in [0.29, 0.717) is 32.4 Å². The van der Waals surface area contributed by atoms with Crippen LogP contribution < -0.4 is 10.9 Å². The quantitative estimate of drug-likeness (QED) is 0.383. The summed E-state index contributed by atoms with van der Waals surface area (Å²) in [6, 6.07) is 13.6. The van der Waals surface area contributed by atoms with Gasteiger partial charge in [0, 0.05) is 12.1 Å². The van der Waals surface area contributed by atoms with E-state index in [1.54, 1.807) is 19.1 Å². The normalized spacial score (nSPS) is 11.2. The number of amides is 1. The molecule has 1 N–H and O–H groups in total. The highest BCUT2D eigenvalue weighted by atomic mass is 32.1. The first-order valence-corrected chi connectivity index (χ1v) is 11.6. The molecule has 0 unspecified atom stereocenters. The maximum Gasteiger partial charge on any atom is 0.268 e. The van der Waals surface area contributed by atoms with Crippen molar-refractivity contribution in [2.24, 2.45) is 0 Å². The maximum absolute atomic E-state index is 13.1. The zero-order chi connectivity index (χ0) is 24.5. The van der Waals surface area contributed by atoms with Gasteiger partial charge in [0.25, 0.3) is 11.4 Å². The molecule has 5 aromatic rings. The molecule has 0 fully saturated rings. The SMILES string of the molecule is Cc1ccc(-c2noc(-c3sc4ncn(CC(=O)NCc5ccc(F)cc5)c(=O)c4c3C)n2)cc1. The van der Waals surface area contributed by atoms with Crippen LogP contribution in [0.3, 0.4) is 0 Å². The van der Waals surface area contributed by atoms with Gasteiger partial charge in [-0.2, -0.15) is 4.98 Å². The van der Waals surface area contributed by atoms with Crippen LogP contribution in [0.25, 0.3) is 32.4 Å². The van der Waals surface area contributed by atoms with Crippen LogP contribution in [-0.4, -0.2) is 25.6 Å². The highest BCUT2D eigenvalue weighted by Crippen LogP contribution is 2.35. The predicted molar refractivity (Wildman–Crippen MR) is 130 cm³/mol. The number of thiophene rings is 1. The van der Waals surface area contributed by atoms with Gasteiger partial charge >= 0.3 is 0 Å². The lowest BCUT2D eigenvalue weighted by molar-refractivity contribution is -0.121. The number of hydrogen-bond donors (Lipinski definition) is 1. The van der Waals surface area contributed by atoms with Crippen LogP contribution in [0.5, 0.6) is 0 Å². The molecule has 176 valence electrons. The molecule has 8 nitrogen and oxygen atoms in total. The first kappa shape index (κ1) is 22.6. The van der Waals surface area contributed by atoms with Crippen LogP contribution in [0.4, 0.5) is 4.39 Å². The van der Waals surface area contributed by atoms with Crippen LogP contribution >= 0.6 is 11.3 Å². The third-order valence-corrected chi connectivity index (χ3v) is 6.75. The molecule has 0 bridgehead atoms. The summed E-state index contributed by atoms with van der Waals surface area (Å²) in [5.74, 6) is 0.0675. The summed E-state index contributed by atoms with van der Waals surface area (Å²) in [6.45, 7) is 3.84. The van der Waals surface area contributed by atoms with E-state index >= 15 is 0 Å². The number of carbonyl (C=O) groups excluding carboxylic acids is 1. The minimum atomic E-state index is -0.356. The second-order valence-electron chi connectivity index (χ2n) is 8.11. The number of aryl methyl sites for hydroxylation is 2. The summed E-state index contributed by atoms with van der Waals surface area (Å²) in [5.41, 5.74) is 3.05. The number of halogens is 1. The monoisotopic (exact) mass is 489 g/mol. The Bertz CT molecular complexity index is 1590. The van der Waals surface area contributed by atoms with Gasteiger partial charge in [-0.3, -0.25) is 14.2 Å². The summed E-state index contributed by atoms with van der Waals surface area (Å²) in [5, 5.41) is 7.22. The third kappa shape index (κ3) is 4.60. The fraction of sp³-hybridized carbons (Fsp3) is 0.160. The van der Waals surface area contributed by atoms with Gasteiger partial charge in [0.05, 0.1) is 16.6 Å². The topological polar surface area (TPSA) is 103 Å². The largest absolute Gasteiger partial charge is 0.350 e. The molecular weight excluding hydrogens is 469 g/mol. The number of nitrogens with zero attached hydrogens (tertiary/aromatic N) is 4. The Morgan fingerprint density at radius 3 is 2.60 bits per heavy atom. The molecule has 2 aromatic carbocycles. The Labute approximate surface area is 203 Å². The Balaban J connectivity index is 1.37. The number of rotatable bonds is 6. The Kier molecular flexibility index (Phi) is 5.96. The molecular formula is C25H20FN5O3S. The van der Waals surface area contributed by atoms with Crippen molar-refractivity contribution in [3.05, 3.63) is 87.7 Å². The number of carbonyl (C=O) groups is 1. The van der Waals surface area contributed by atoms with Crippen LogP contribution in [0.15, 0.2) is 64.2 Å². The van der Waals surface area contributed by atoms with Gasteiger partial charge in [-0.25, -0.2) is 9.37 Å². The van der Waals surface area contributed by atoms with Crippen molar-refractivity contribution in [1.29, 1.82) is 0 Å². The third-order valence-electron chi connectivity index (χ3n) is 5.56. The highest BCUT2D eigenvalue weighted by molar-refractivity contribution is 7.22. The zero-order valence-corrected chi connectivity index (χ0v) is 19.7. The number of aromatic nitrogens is 4. The molecule has 1 amide bonds. The van der Waals surface area contributed by atoms with E-state index in [0.717, 1.165) is 16.7 Å². The second kappa shape index (κ2) is 9.22. The molecule has 0 radical (unpaired) electrons. The molecule has 35 heavy (non-hydrogen) atoms. The van der Waals surface area contributed by atoms with Gasteiger partial charge in [0.2, 0.25) is 11.7 Å². The minimum absolute atomic E-state index is 0.189. The Morgan fingerprint density at radius 1 is 1.11 bits per heavy atom. The Hall–Kier alpha value is -4.18. The van der Waals surface area contributed by atoms with Crippen LogP contribution in [0.2, 0.25) is 0 Å². The fourth-order valence-electron chi connectivity index (χ4n) is 3.62. The van der Waals surface area contributed by atoms with Gasteiger partial charge in [-0.1, -0.05) is 47.1 Å². The number of hydrogen-bond acceptors (Lipinski definition) is 7. The minimum Gasteiger partial charge on any atom is -0.350 e. The van der Waals surface area contributed by atoms with Crippen molar-refractivity contribution in [2.75, 3.05) is 0 Å². The van der Waals surface area contributed by atoms with Gasteiger partial charge in [0.15, 0.2) is 0 Å². The molecule has 0 saturated heterocycles. The van der Waals surface area contributed by atoms with E-state index in [4.69, 9.17) is 4.52 Å². The number of fused-ring (bicyclic) bond motifs is 1. The van der Waals surface area contributed by atoms with E-state index in [2.05, 4.69) is 20.4 Å². The van der Waals surface area contributed by atoms with Crippen molar-refractivity contribution in [3.63, 3.8) is 0 Å². The summed E-state index contributed by atoms with van der Waals surface area (Å²) in [4.78, 5) is 35.6. The van der Waals surface area contributed by atoms with E-state index in [1.165, 1.54) is 34.4 Å². The lowest BCUT2D eigenvalue weighted by atomic mass is 10.1. The average Bonchev–Trinajstić information content (AvgIpc) is 3.46. The fourth-order valence-corrected chi connectivity index (χ4v) is 4.69. The van der Waals surface area contributed by atoms with E-state index < -0.39 is 0 Å². The second-order valence-corrected chi connectivity index (χ2v) is 9.11. The molecule has 10 heteroatoms. The first-order chi connectivity index (χ1) is 16.9. The molecule has 0 aliphatic rings. The van der Waals surface area contributed by atoms with Crippen molar-refractivity contribution in [3.8, 4) is 22.2 Å². The molecule has 5 rings (SSSR count). The van der Waals surface area contributed by atoms with Crippen molar-refractivity contribution in [1.82, 2.24) is 25.0 Å². The number of nitrogens with one attached hydrogen (secondary N) is 1. The standard InChI is InChI=1S/C25H20FN5O3S/c1-14-3-7-17(8-4-14)22-29-23(34-30-22)21-15(2)20-24(35-21)28-13-31(25(20)33)12-19(32)27-11-16-5-9-18(26)10-6-16/h3-10,13H,11-12H2,1-2H3,(H,27,32). The lowest BCUT2D eigenvalue weighted by Gasteiger charge is -2.07. The molecule has 3 heterocycles. The van der Waals surface area contributed by atoms with Crippen LogP contribution in [0.1, 0.15) is 16.7 Å². The lowest BCUT2D eigenvalue weighted by Crippen LogP contribution is -2.32. The van der Waals surface area contributed by atoms with E-state index in [9.17, 15) is 14.0 Å². The molecule has 0 atom stereocenters. The summed E-state index contributed by atoms with van der Waals surface area (Å²) < 4.78 is 19.8. The molecule has 0 spiro atoms. The van der Waals surface area contributed by atoms with Gasteiger partial charge in [-0.15, -0.1) is 11.3 Å². The summed E-state index contributed by atoms with van der Waals surface area (Å²) in [6.07, 6.45) is 1.35. The average molecular weight is 490 g/mol. The van der Waals surface area contributed by atoms with Crippen molar-refractivity contribution < 1.29 is 13.7 Å². The molecule has 0 aliphatic heterocycles. The highest BCUT2D eigenvalue weighted by Gasteiger charge is 2.21. The summed E-state index contributed by atoms with van der Waals surface area (Å²) in [7, 11) is 0. The van der Waals surface area contributed by atoms with Crippen molar-refractivity contribution in [2.45, 2.75) is 26.9 Å². The van der Waals surface area contributed by atoms with Gasteiger partial charge in [0.1, 0.15) is 17.2 Å². The predicted octanol–water partition coefficient (Wildman–Crippen LogP) is 4.25. The Morgan fingerprint density at radius 2 is 1.86 bits per heavy atom. The molecule has 0 saturated carbocycles. The van der Waals surface area contributed by atoms with Crippen molar-refractivity contribution >= 4 is 27.5 Å². The van der Waals surface area contributed by atoms with Gasteiger partial charge in [-0.05, 0) is 37.1 Å². The van der Waals surface area contributed by atoms with E-state index in [-0.39, 0.29) is 30.4 Å². The summed E-state index contributed by atoms with van der Waals surface area (Å²) >= 11 is 1.29. The zero-order valence-electron chi connectivity index (χ0n) is 18.9. The van der Waals surface area contributed by atoms with Crippen LogP contribution in [-0.2, 0) is 17.9 Å². The first-order valence-electron chi connectivity index (χ1n) is 10.8. The van der Waals surface area contributed by atoms with Gasteiger partial charge < -0.3 is 9.84 Å². The number of benzene rings is 2. The van der Waals surface area contributed by atoms with E-state index in [1.807, 2.05) is 31.2 Å². The maximum atomic E-state index is 13.1. The smallest absolute Gasteiger partial charge is 0.268 e. The molecule has 0 aliphatic carbocycles. The van der Waals surface area contributed by atoms with Crippen LogP contribution in [0, 0.1) is 19.7 Å².